The van der Waals surface area contributed by atoms with Crippen LogP contribution in [-0.4, -0.2) is 82.7 Å². The predicted octanol–water partition coefficient (Wildman–Crippen LogP) is -3.74. The zero-order chi connectivity index (χ0) is 13.7. The van der Waals surface area contributed by atoms with Crippen molar-refractivity contribution in [2.24, 2.45) is 0 Å². The fraction of sp³-hybridized carbons (Fsp3) is 0.778. The molecule has 0 aromatic heterocycles. The van der Waals surface area contributed by atoms with Gasteiger partial charge in [-0.3, -0.25) is 9.59 Å². The highest BCUT2D eigenvalue weighted by Gasteiger charge is 2.37. The van der Waals surface area contributed by atoms with Crippen molar-refractivity contribution < 1.29 is 30.0 Å². The highest BCUT2D eigenvalue weighted by molar-refractivity contribution is 5.82. The largest absolute Gasteiger partial charge is 0.387 e. The van der Waals surface area contributed by atoms with E-state index in [1.54, 1.807) is 0 Å². The zero-order valence-electron chi connectivity index (χ0n) is 9.86. The van der Waals surface area contributed by atoms with E-state index in [2.05, 4.69) is 5.32 Å². The van der Waals surface area contributed by atoms with Crippen molar-refractivity contribution in [3.8, 4) is 0 Å². The quantitative estimate of drug-likeness (QED) is 0.341. The van der Waals surface area contributed by atoms with E-state index >= 15 is 0 Å². The van der Waals surface area contributed by atoms with Gasteiger partial charge in [-0.1, -0.05) is 0 Å². The Hall–Kier alpha value is -1.22. The minimum Gasteiger partial charge on any atom is -0.387 e. The molecule has 0 fully saturated rings. The van der Waals surface area contributed by atoms with Gasteiger partial charge in [0.15, 0.2) is 12.2 Å². The molecule has 0 radical (unpaired) electrons. The van der Waals surface area contributed by atoms with E-state index in [-0.39, 0.29) is 0 Å². The first-order chi connectivity index (χ1) is 7.73. The molecule has 0 aliphatic carbocycles. The van der Waals surface area contributed by atoms with Gasteiger partial charge in [0.25, 0.3) is 11.8 Å². The predicted molar refractivity (Wildman–Crippen MR) is 56.8 cm³/mol. The Morgan fingerprint density at radius 2 is 1.41 bits per heavy atom. The van der Waals surface area contributed by atoms with Crippen molar-refractivity contribution in [1.29, 1.82) is 0 Å². The van der Waals surface area contributed by atoms with E-state index in [4.69, 9.17) is 0 Å². The van der Waals surface area contributed by atoms with Crippen molar-refractivity contribution in [3.63, 3.8) is 0 Å². The first-order valence-electron chi connectivity index (χ1n) is 4.89. The molecule has 0 aliphatic rings. The first kappa shape index (κ1) is 15.8. The summed E-state index contributed by atoms with van der Waals surface area (Å²) in [6.45, 7) is 0. The number of hydrogen-bond donors (Lipinski definition) is 5. The third kappa shape index (κ3) is 3.93. The first-order valence-corrected chi connectivity index (χ1v) is 4.89. The minimum atomic E-state index is -1.96. The Bertz CT molecular complexity index is 283. The molecule has 8 heteroatoms. The topological polar surface area (TPSA) is 130 Å². The number of likely N-dealkylation sites (N-methyl/N-ethyl adjacent to an activating group) is 2. The molecule has 0 aromatic carbocycles. The molecular weight excluding hydrogens is 232 g/mol. The maximum absolute atomic E-state index is 11.3. The van der Waals surface area contributed by atoms with Crippen LogP contribution in [0.4, 0.5) is 0 Å². The monoisotopic (exact) mass is 250 g/mol. The van der Waals surface area contributed by atoms with E-state index in [0.717, 1.165) is 4.90 Å². The molecule has 5 N–H and O–H groups in total. The summed E-state index contributed by atoms with van der Waals surface area (Å²) >= 11 is 0. The van der Waals surface area contributed by atoms with Gasteiger partial charge in [-0.15, -0.1) is 0 Å². The van der Waals surface area contributed by atoms with Gasteiger partial charge in [0.2, 0.25) is 0 Å². The summed E-state index contributed by atoms with van der Waals surface area (Å²) in [5, 5.41) is 39.5. The second-order valence-electron chi connectivity index (χ2n) is 3.72. The van der Waals surface area contributed by atoms with Crippen molar-refractivity contribution in [2.75, 3.05) is 21.1 Å². The molecule has 0 heterocycles. The lowest BCUT2D eigenvalue weighted by atomic mass is 10.0. The average molecular weight is 250 g/mol. The summed E-state index contributed by atoms with van der Waals surface area (Å²) in [4.78, 5) is 23.3. The van der Waals surface area contributed by atoms with Gasteiger partial charge in [0.1, 0.15) is 12.2 Å². The molecule has 17 heavy (non-hydrogen) atoms. The summed E-state index contributed by atoms with van der Waals surface area (Å²) in [6.07, 6.45) is -7.77. The molecule has 0 bridgehead atoms. The van der Waals surface area contributed by atoms with Crippen LogP contribution >= 0.6 is 0 Å². The Morgan fingerprint density at radius 3 is 1.76 bits per heavy atom. The molecule has 0 saturated carbocycles. The average Bonchev–Trinajstić information content (AvgIpc) is 2.32. The Morgan fingerprint density at radius 1 is 1.00 bits per heavy atom. The number of aliphatic hydroxyl groups is 4. The molecule has 4 atom stereocenters. The minimum absolute atomic E-state index is 0.847. The second kappa shape index (κ2) is 6.50. The number of aliphatic hydroxyl groups excluding tert-OH is 4. The lowest BCUT2D eigenvalue weighted by molar-refractivity contribution is -0.159. The summed E-state index contributed by atoms with van der Waals surface area (Å²) in [6, 6.07) is 0. The van der Waals surface area contributed by atoms with Gasteiger partial charge in [-0.2, -0.15) is 0 Å². The normalized spacial score (nSPS) is 17.8. The van der Waals surface area contributed by atoms with Gasteiger partial charge in [0, 0.05) is 21.1 Å². The van der Waals surface area contributed by atoms with Gasteiger partial charge < -0.3 is 30.6 Å². The SMILES string of the molecule is CNC(=O)C(O)[C@@H](O)[C@@H](O)[C@H](O)C(=O)N(C)C. The summed E-state index contributed by atoms with van der Waals surface area (Å²) < 4.78 is 0. The number of amides is 2. The highest BCUT2D eigenvalue weighted by Crippen LogP contribution is 2.07. The van der Waals surface area contributed by atoms with Crippen LogP contribution < -0.4 is 5.32 Å². The second-order valence-corrected chi connectivity index (χ2v) is 3.72. The third-order valence-electron chi connectivity index (χ3n) is 2.21. The molecule has 8 nitrogen and oxygen atoms in total. The van der Waals surface area contributed by atoms with Gasteiger partial charge >= 0.3 is 0 Å². The van der Waals surface area contributed by atoms with Crippen molar-refractivity contribution in [3.05, 3.63) is 0 Å². The number of nitrogens with zero attached hydrogens (tertiary/aromatic N) is 1. The lowest BCUT2D eigenvalue weighted by Crippen LogP contribution is -2.53. The summed E-state index contributed by atoms with van der Waals surface area (Å²) in [5.74, 6) is -1.78. The van der Waals surface area contributed by atoms with E-state index < -0.39 is 36.2 Å². The van der Waals surface area contributed by atoms with Crippen LogP contribution in [0.15, 0.2) is 0 Å². The number of carbonyl (C=O) groups excluding carboxylic acids is 2. The zero-order valence-corrected chi connectivity index (χ0v) is 9.86. The summed E-state index contributed by atoms with van der Waals surface area (Å²) in [7, 11) is 3.92. The number of carbonyl (C=O) groups is 2. The molecule has 2 amide bonds. The van der Waals surface area contributed by atoms with Gasteiger partial charge in [0.05, 0.1) is 0 Å². The van der Waals surface area contributed by atoms with Crippen molar-refractivity contribution >= 4 is 11.8 Å². The maximum Gasteiger partial charge on any atom is 0.253 e. The number of rotatable bonds is 5. The molecular formula is C9H18N2O6. The Kier molecular flexibility index (Phi) is 6.03. The number of hydrogen-bond acceptors (Lipinski definition) is 6. The molecule has 1 unspecified atom stereocenters. The van der Waals surface area contributed by atoms with E-state index in [9.17, 15) is 30.0 Å². The van der Waals surface area contributed by atoms with Gasteiger partial charge in [-0.25, -0.2) is 0 Å². The van der Waals surface area contributed by atoms with Crippen molar-refractivity contribution in [1.82, 2.24) is 10.2 Å². The smallest absolute Gasteiger partial charge is 0.253 e. The van der Waals surface area contributed by atoms with Crippen LogP contribution in [0.5, 0.6) is 0 Å². The highest BCUT2D eigenvalue weighted by atomic mass is 16.4. The summed E-state index contributed by atoms with van der Waals surface area (Å²) in [5.41, 5.74) is 0. The molecule has 0 aromatic rings. The van der Waals surface area contributed by atoms with Crippen LogP contribution in [0.1, 0.15) is 0 Å². The van der Waals surface area contributed by atoms with Crippen LogP contribution in [0.3, 0.4) is 0 Å². The van der Waals surface area contributed by atoms with Crippen LogP contribution in [0.25, 0.3) is 0 Å². The van der Waals surface area contributed by atoms with E-state index in [0.29, 0.717) is 0 Å². The fourth-order valence-corrected chi connectivity index (χ4v) is 1.09. The third-order valence-corrected chi connectivity index (χ3v) is 2.21. The molecule has 0 rings (SSSR count). The van der Waals surface area contributed by atoms with Crippen LogP contribution in [0.2, 0.25) is 0 Å². The molecule has 0 aliphatic heterocycles. The van der Waals surface area contributed by atoms with E-state index in [1.807, 2.05) is 0 Å². The Balaban J connectivity index is 4.64. The molecule has 100 valence electrons. The van der Waals surface area contributed by atoms with E-state index in [1.165, 1.54) is 21.1 Å². The fourth-order valence-electron chi connectivity index (χ4n) is 1.09. The van der Waals surface area contributed by atoms with Crippen molar-refractivity contribution in [2.45, 2.75) is 24.4 Å². The standard InChI is InChI=1S/C9H18N2O6/c1-10-8(16)6(14)4(12)5(13)7(15)9(17)11(2)3/h4-7,12-15H,1-3H3,(H,10,16)/t4-,5+,6?,7-/m0/s1. The maximum atomic E-state index is 11.3. The molecule has 0 saturated heterocycles. The van der Waals surface area contributed by atoms with Crippen LogP contribution in [-0.2, 0) is 9.59 Å². The Labute approximate surface area is 98.5 Å². The van der Waals surface area contributed by atoms with Crippen LogP contribution in [0, 0.1) is 0 Å². The lowest BCUT2D eigenvalue weighted by Gasteiger charge is -2.26. The van der Waals surface area contributed by atoms with Gasteiger partial charge in [-0.05, 0) is 0 Å². The number of nitrogens with one attached hydrogen (secondary N) is 1. The molecule has 0 spiro atoms.